The van der Waals surface area contributed by atoms with Crippen LogP contribution in [0.5, 0.6) is 0 Å². The fourth-order valence-corrected chi connectivity index (χ4v) is 2.33. The third kappa shape index (κ3) is 2.39. The number of aryl methyl sites for hydroxylation is 1. The van der Waals surface area contributed by atoms with Crippen LogP contribution in [0.1, 0.15) is 34.3 Å². The highest BCUT2D eigenvalue weighted by Gasteiger charge is 2.33. The Balaban J connectivity index is 1.74. The third-order valence-corrected chi connectivity index (χ3v) is 3.38. The van der Waals surface area contributed by atoms with Crippen molar-refractivity contribution in [2.75, 3.05) is 6.61 Å². The van der Waals surface area contributed by atoms with Gasteiger partial charge in [-0.1, -0.05) is 0 Å². The van der Waals surface area contributed by atoms with Gasteiger partial charge < -0.3 is 10.1 Å². The van der Waals surface area contributed by atoms with Gasteiger partial charge in [0.2, 0.25) is 0 Å². The van der Waals surface area contributed by atoms with Crippen LogP contribution in [-0.4, -0.2) is 38.7 Å². The summed E-state index contributed by atoms with van der Waals surface area (Å²) in [5.41, 5.74) is 1.48. The monoisotopic (exact) mass is 273 g/mol. The van der Waals surface area contributed by atoms with E-state index in [1.807, 2.05) is 6.92 Å². The Morgan fingerprint density at radius 1 is 1.55 bits per heavy atom. The van der Waals surface area contributed by atoms with Crippen molar-refractivity contribution in [3.63, 3.8) is 0 Å². The Hall–Kier alpha value is -2.28. The van der Waals surface area contributed by atoms with Crippen molar-refractivity contribution in [3.8, 4) is 0 Å². The lowest BCUT2D eigenvalue weighted by atomic mass is 10.1. The summed E-state index contributed by atoms with van der Waals surface area (Å²) in [6, 6.07) is 1.60. The lowest BCUT2D eigenvalue weighted by Gasteiger charge is -2.18. The first-order valence-corrected chi connectivity index (χ1v) is 6.44. The minimum Gasteiger partial charge on any atom is -0.368 e. The molecule has 0 unspecified atom stereocenters. The molecule has 2 atom stereocenters. The maximum Gasteiger partial charge on any atom is 0.251 e. The average molecular weight is 273 g/mol. The lowest BCUT2D eigenvalue weighted by Crippen LogP contribution is -2.37. The number of amides is 1. The van der Waals surface area contributed by atoms with E-state index < -0.39 is 0 Å². The van der Waals surface area contributed by atoms with E-state index in [1.165, 1.54) is 6.33 Å². The second-order valence-corrected chi connectivity index (χ2v) is 4.72. The highest BCUT2D eigenvalue weighted by atomic mass is 16.5. The van der Waals surface area contributed by atoms with Crippen LogP contribution in [0.3, 0.4) is 0 Å². The Kier molecular flexibility index (Phi) is 3.42. The van der Waals surface area contributed by atoms with E-state index in [0.29, 0.717) is 18.0 Å². The molecule has 3 heterocycles. The molecule has 7 nitrogen and oxygen atoms in total. The molecular weight excluding hydrogens is 258 g/mol. The van der Waals surface area contributed by atoms with E-state index >= 15 is 0 Å². The van der Waals surface area contributed by atoms with Crippen molar-refractivity contribution in [3.05, 3.63) is 41.7 Å². The van der Waals surface area contributed by atoms with Crippen LogP contribution < -0.4 is 5.32 Å². The maximum atomic E-state index is 12.3. The number of hydrogen-bond acceptors (Lipinski definition) is 5. The summed E-state index contributed by atoms with van der Waals surface area (Å²) in [7, 11) is 0. The average Bonchev–Trinajstić information content (AvgIpc) is 3.09. The molecule has 1 saturated heterocycles. The molecule has 1 fully saturated rings. The van der Waals surface area contributed by atoms with Gasteiger partial charge in [0.15, 0.2) is 5.82 Å². The Morgan fingerprint density at radius 3 is 3.20 bits per heavy atom. The van der Waals surface area contributed by atoms with Crippen LogP contribution in [-0.2, 0) is 4.74 Å². The molecule has 0 aliphatic carbocycles. The van der Waals surface area contributed by atoms with Crippen LogP contribution in [0.25, 0.3) is 0 Å². The SMILES string of the molecule is Cc1cnccc1C(=O)N[C@H]1CCO[C@H]1c1ncn[nH]1. The quantitative estimate of drug-likeness (QED) is 0.861. The molecule has 0 saturated carbocycles. The van der Waals surface area contributed by atoms with Crippen LogP contribution in [0.2, 0.25) is 0 Å². The van der Waals surface area contributed by atoms with Crippen LogP contribution >= 0.6 is 0 Å². The van der Waals surface area contributed by atoms with Crippen LogP contribution in [0.15, 0.2) is 24.8 Å². The summed E-state index contributed by atoms with van der Waals surface area (Å²) in [6.45, 7) is 2.45. The van der Waals surface area contributed by atoms with Crippen molar-refractivity contribution >= 4 is 5.91 Å². The normalized spacial score (nSPS) is 21.9. The number of ether oxygens (including phenoxy) is 1. The van der Waals surface area contributed by atoms with Gasteiger partial charge in [-0.15, -0.1) is 0 Å². The number of nitrogens with one attached hydrogen (secondary N) is 2. The van der Waals surface area contributed by atoms with Crippen molar-refractivity contribution in [1.29, 1.82) is 0 Å². The summed E-state index contributed by atoms with van der Waals surface area (Å²) in [6.07, 6.45) is 5.20. The molecule has 20 heavy (non-hydrogen) atoms. The van der Waals surface area contributed by atoms with Gasteiger partial charge in [0.05, 0.1) is 6.04 Å². The molecule has 2 aromatic heterocycles. The molecule has 2 aromatic rings. The molecule has 104 valence electrons. The summed E-state index contributed by atoms with van der Waals surface area (Å²) >= 11 is 0. The number of aromatic nitrogens is 4. The van der Waals surface area contributed by atoms with Gasteiger partial charge in [0, 0.05) is 24.6 Å². The number of pyridine rings is 1. The Morgan fingerprint density at radius 2 is 2.45 bits per heavy atom. The second kappa shape index (κ2) is 5.38. The van der Waals surface area contributed by atoms with E-state index in [-0.39, 0.29) is 18.1 Å². The van der Waals surface area contributed by atoms with Gasteiger partial charge in [-0.3, -0.25) is 14.9 Å². The number of carbonyl (C=O) groups excluding carboxylic acids is 1. The minimum absolute atomic E-state index is 0.108. The van der Waals surface area contributed by atoms with Gasteiger partial charge in [-0.25, -0.2) is 4.98 Å². The molecule has 0 bridgehead atoms. The van der Waals surface area contributed by atoms with Crippen molar-refractivity contribution in [1.82, 2.24) is 25.5 Å². The topological polar surface area (TPSA) is 92.8 Å². The van der Waals surface area contributed by atoms with Crippen LogP contribution in [0, 0.1) is 6.92 Å². The molecule has 1 aliphatic heterocycles. The minimum atomic E-state index is -0.274. The van der Waals surface area contributed by atoms with E-state index in [9.17, 15) is 4.79 Å². The fraction of sp³-hybridized carbons (Fsp3) is 0.385. The van der Waals surface area contributed by atoms with Crippen molar-refractivity contribution in [2.24, 2.45) is 0 Å². The maximum absolute atomic E-state index is 12.3. The smallest absolute Gasteiger partial charge is 0.251 e. The number of aromatic amines is 1. The molecule has 0 radical (unpaired) electrons. The van der Waals surface area contributed by atoms with Gasteiger partial charge in [0.1, 0.15) is 12.4 Å². The first kappa shape index (κ1) is 12.7. The Labute approximate surface area is 115 Å². The van der Waals surface area contributed by atoms with Crippen molar-refractivity contribution in [2.45, 2.75) is 25.5 Å². The van der Waals surface area contributed by atoms with Gasteiger partial charge >= 0.3 is 0 Å². The molecule has 2 N–H and O–H groups in total. The van der Waals surface area contributed by atoms with Crippen LogP contribution in [0.4, 0.5) is 0 Å². The molecule has 7 heteroatoms. The number of rotatable bonds is 3. The summed E-state index contributed by atoms with van der Waals surface area (Å²) < 4.78 is 5.62. The highest BCUT2D eigenvalue weighted by Crippen LogP contribution is 2.26. The number of hydrogen-bond donors (Lipinski definition) is 2. The molecule has 1 aliphatic rings. The van der Waals surface area contributed by atoms with E-state index in [4.69, 9.17) is 4.74 Å². The van der Waals surface area contributed by atoms with E-state index in [0.717, 1.165) is 12.0 Å². The summed E-state index contributed by atoms with van der Waals surface area (Å²) in [5.74, 6) is 0.518. The zero-order valence-electron chi connectivity index (χ0n) is 11.0. The van der Waals surface area contributed by atoms with Gasteiger partial charge in [0.25, 0.3) is 5.91 Å². The molecular formula is C13H15N5O2. The molecule has 0 spiro atoms. The second-order valence-electron chi connectivity index (χ2n) is 4.72. The molecule has 1 amide bonds. The fourth-order valence-electron chi connectivity index (χ4n) is 2.33. The third-order valence-electron chi connectivity index (χ3n) is 3.38. The number of H-pyrrole nitrogens is 1. The molecule has 3 rings (SSSR count). The first-order chi connectivity index (χ1) is 9.75. The predicted octanol–water partition coefficient (Wildman–Crippen LogP) is 0.768. The largest absolute Gasteiger partial charge is 0.368 e. The predicted molar refractivity (Wildman–Crippen MR) is 69.9 cm³/mol. The standard InChI is InChI=1S/C13H15N5O2/c1-8-6-14-4-2-9(8)13(19)17-10-3-5-20-11(10)12-15-7-16-18-12/h2,4,6-7,10-11H,3,5H2,1H3,(H,17,19)(H,15,16,18)/t10-,11+/m0/s1. The van der Waals surface area contributed by atoms with E-state index in [1.54, 1.807) is 18.5 Å². The van der Waals surface area contributed by atoms with Gasteiger partial charge in [-0.05, 0) is 25.0 Å². The van der Waals surface area contributed by atoms with E-state index in [2.05, 4.69) is 25.5 Å². The summed E-state index contributed by atoms with van der Waals surface area (Å²) in [4.78, 5) is 20.4. The van der Waals surface area contributed by atoms with Crippen molar-refractivity contribution < 1.29 is 9.53 Å². The number of carbonyl (C=O) groups is 1. The lowest BCUT2D eigenvalue weighted by molar-refractivity contribution is 0.0791. The first-order valence-electron chi connectivity index (χ1n) is 6.44. The zero-order valence-corrected chi connectivity index (χ0v) is 11.0. The Bertz CT molecular complexity index is 599. The van der Waals surface area contributed by atoms with Gasteiger partial charge in [-0.2, -0.15) is 5.10 Å². The molecule has 0 aromatic carbocycles. The highest BCUT2D eigenvalue weighted by molar-refractivity contribution is 5.95. The summed E-state index contributed by atoms with van der Waals surface area (Å²) in [5, 5.41) is 9.60. The number of nitrogens with zero attached hydrogens (tertiary/aromatic N) is 3. The zero-order chi connectivity index (χ0) is 13.9.